The summed E-state index contributed by atoms with van der Waals surface area (Å²) in [5, 5.41) is 38.5. The fourth-order valence-electron chi connectivity index (χ4n) is 2.99. The normalized spacial score (nSPS) is 25.1. The molecule has 1 aromatic carbocycles. The van der Waals surface area contributed by atoms with E-state index in [1.165, 1.54) is 6.92 Å². The maximum Gasteiger partial charge on any atom is 0.174 e. The third kappa shape index (κ3) is 1.90. The molecule has 2 rings (SSSR count). The summed E-state index contributed by atoms with van der Waals surface area (Å²) in [4.78, 5) is 12.5. The van der Waals surface area contributed by atoms with Crippen LogP contribution in [0.25, 0.3) is 0 Å². The van der Waals surface area contributed by atoms with E-state index < -0.39 is 18.1 Å². The van der Waals surface area contributed by atoms with Crippen molar-refractivity contribution in [2.45, 2.75) is 33.0 Å². The van der Waals surface area contributed by atoms with E-state index in [0.29, 0.717) is 23.1 Å². The van der Waals surface area contributed by atoms with E-state index in [2.05, 4.69) is 0 Å². The molecule has 0 fully saturated rings. The predicted molar refractivity (Wildman–Crippen MR) is 72.4 cm³/mol. The number of benzene rings is 1. The molecule has 0 aromatic heterocycles. The zero-order valence-electron chi connectivity index (χ0n) is 11.7. The fraction of sp³-hybridized carbons (Fsp3) is 0.533. The second-order valence-corrected chi connectivity index (χ2v) is 5.55. The summed E-state index contributed by atoms with van der Waals surface area (Å²) in [6.45, 7) is 2.46. The van der Waals surface area contributed by atoms with Crippen LogP contribution in [0.5, 0.6) is 0 Å². The Morgan fingerprint density at radius 2 is 1.90 bits per heavy atom. The van der Waals surface area contributed by atoms with Crippen LogP contribution in [0, 0.1) is 12.3 Å². The summed E-state index contributed by atoms with van der Waals surface area (Å²) in [6.07, 6.45) is -0.740. The van der Waals surface area contributed by atoms with Crippen molar-refractivity contribution < 1.29 is 25.2 Å². The molecule has 0 saturated heterocycles. The average molecular weight is 280 g/mol. The van der Waals surface area contributed by atoms with Crippen LogP contribution in [0.3, 0.4) is 0 Å². The average Bonchev–Trinajstić information content (AvgIpc) is 2.63. The number of carbonyl (C=O) groups is 1. The van der Waals surface area contributed by atoms with E-state index in [0.717, 1.165) is 11.1 Å². The van der Waals surface area contributed by atoms with Gasteiger partial charge in [-0.25, -0.2) is 0 Å². The summed E-state index contributed by atoms with van der Waals surface area (Å²) in [5.74, 6) is -0.356. The lowest BCUT2D eigenvalue weighted by Gasteiger charge is -2.23. The fourth-order valence-corrected chi connectivity index (χ4v) is 2.99. The van der Waals surface area contributed by atoms with Crippen molar-refractivity contribution in [1.82, 2.24) is 0 Å². The Morgan fingerprint density at radius 3 is 2.40 bits per heavy atom. The van der Waals surface area contributed by atoms with Gasteiger partial charge in [0.2, 0.25) is 0 Å². The first-order chi connectivity index (χ1) is 9.42. The third-order valence-corrected chi connectivity index (χ3v) is 4.29. The Morgan fingerprint density at radius 1 is 1.25 bits per heavy atom. The number of hydrogen-bond donors (Lipinski definition) is 4. The van der Waals surface area contributed by atoms with Crippen molar-refractivity contribution in [3.05, 3.63) is 33.9 Å². The summed E-state index contributed by atoms with van der Waals surface area (Å²) in [7, 11) is 0. The molecule has 20 heavy (non-hydrogen) atoms. The molecule has 2 atom stereocenters. The van der Waals surface area contributed by atoms with Crippen LogP contribution in [-0.2, 0) is 13.0 Å². The van der Waals surface area contributed by atoms with Crippen molar-refractivity contribution >= 4 is 5.78 Å². The number of hydrogen-bond acceptors (Lipinski definition) is 5. The lowest BCUT2D eigenvalue weighted by atomic mass is 9.84. The first-order valence-electron chi connectivity index (χ1n) is 6.63. The third-order valence-electron chi connectivity index (χ3n) is 4.29. The highest BCUT2D eigenvalue weighted by atomic mass is 16.3. The summed E-state index contributed by atoms with van der Waals surface area (Å²) in [6, 6.07) is 1.71. The molecule has 110 valence electrons. The minimum Gasteiger partial charge on any atom is -0.396 e. The molecule has 0 bridgehead atoms. The second kappa shape index (κ2) is 5.26. The zero-order valence-corrected chi connectivity index (χ0v) is 11.7. The van der Waals surface area contributed by atoms with Gasteiger partial charge in [0, 0.05) is 12.2 Å². The maximum atomic E-state index is 12.5. The number of aliphatic hydroxyl groups excluding tert-OH is 4. The Balaban J connectivity index is 2.72. The van der Waals surface area contributed by atoms with Gasteiger partial charge in [0.1, 0.15) is 0 Å². The molecular formula is C15H20O5. The van der Waals surface area contributed by atoms with Gasteiger partial charge in [0.15, 0.2) is 5.78 Å². The summed E-state index contributed by atoms with van der Waals surface area (Å²) < 4.78 is 0. The van der Waals surface area contributed by atoms with Crippen molar-refractivity contribution in [1.29, 1.82) is 0 Å². The van der Waals surface area contributed by atoms with E-state index in [1.54, 1.807) is 6.07 Å². The molecule has 0 aliphatic heterocycles. The number of aliphatic hydroxyl groups is 4. The van der Waals surface area contributed by atoms with Crippen LogP contribution in [-0.4, -0.2) is 39.4 Å². The first-order valence-corrected chi connectivity index (χ1v) is 6.63. The topological polar surface area (TPSA) is 98.0 Å². The molecular weight excluding hydrogens is 260 g/mol. The van der Waals surface area contributed by atoms with Gasteiger partial charge in [0.25, 0.3) is 0 Å². The van der Waals surface area contributed by atoms with E-state index in [1.807, 2.05) is 6.92 Å². The van der Waals surface area contributed by atoms with Crippen LogP contribution in [0.4, 0.5) is 0 Å². The standard InChI is InChI=1S/C15H20O5/c1-8-5-10-12(11(6-17)9(8)3-4-16)14(20)15(2,7-18)13(10)19/h5,13,16-19H,3-4,6-7H2,1-2H3. The quantitative estimate of drug-likeness (QED) is 0.634. The molecule has 0 saturated carbocycles. The molecule has 0 amide bonds. The highest BCUT2D eigenvalue weighted by Crippen LogP contribution is 2.47. The van der Waals surface area contributed by atoms with Crippen LogP contribution in [0.15, 0.2) is 6.07 Å². The second-order valence-electron chi connectivity index (χ2n) is 5.55. The molecule has 0 radical (unpaired) electrons. The number of Topliss-reactive ketones (excluding diaryl/α,β-unsaturated/α-hetero) is 1. The molecule has 4 N–H and O–H groups in total. The minimum atomic E-state index is -1.27. The van der Waals surface area contributed by atoms with Crippen LogP contribution < -0.4 is 0 Å². The Kier molecular flexibility index (Phi) is 3.97. The van der Waals surface area contributed by atoms with Crippen LogP contribution in [0.1, 0.15) is 45.6 Å². The monoisotopic (exact) mass is 280 g/mol. The lowest BCUT2D eigenvalue weighted by molar-refractivity contribution is 0.0129. The number of rotatable bonds is 4. The van der Waals surface area contributed by atoms with Crippen LogP contribution >= 0.6 is 0 Å². The number of ketones is 1. The van der Waals surface area contributed by atoms with E-state index in [-0.39, 0.29) is 19.0 Å². The smallest absolute Gasteiger partial charge is 0.174 e. The molecule has 5 nitrogen and oxygen atoms in total. The lowest BCUT2D eigenvalue weighted by Crippen LogP contribution is -2.32. The van der Waals surface area contributed by atoms with Gasteiger partial charge in [-0.2, -0.15) is 0 Å². The molecule has 5 heteroatoms. The zero-order chi connectivity index (χ0) is 15.1. The molecule has 0 heterocycles. The predicted octanol–water partition coefficient (Wildman–Crippen LogP) is 0.250. The highest BCUT2D eigenvalue weighted by molar-refractivity contribution is 6.07. The minimum absolute atomic E-state index is 0.0827. The number of aryl methyl sites for hydroxylation is 1. The largest absolute Gasteiger partial charge is 0.396 e. The van der Waals surface area contributed by atoms with Crippen molar-refractivity contribution in [2.75, 3.05) is 13.2 Å². The van der Waals surface area contributed by atoms with E-state index >= 15 is 0 Å². The SMILES string of the molecule is Cc1cc2c(c(CO)c1CCO)C(=O)C(C)(CO)C2O. The molecule has 1 aliphatic rings. The first kappa shape index (κ1) is 15.1. The summed E-state index contributed by atoms with van der Waals surface area (Å²) >= 11 is 0. The molecule has 0 spiro atoms. The van der Waals surface area contributed by atoms with Gasteiger partial charge in [-0.3, -0.25) is 4.79 Å². The van der Waals surface area contributed by atoms with Crippen molar-refractivity contribution in [3.63, 3.8) is 0 Å². The van der Waals surface area contributed by atoms with Crippen LogP contribution in [0.2, 0.25) is 0 Å². The maximum absolute atomic E-state index is 12.5. The number of carbonyl (C=O) groups excluding carboxylic acids is 1. The van der Waals surface area contributed by atoms with Gasteiger partial charge in [-0.15, -0.1) is 0 Å². The van der Waals surface area contributed by atoms with E-state index in [9.17, 15) is 20.1 Å². The van der Waals surface area contributed by atoms with Gasteiger partial charge in [-0.1, -0.05) is 6.07 Å². The van der Waals surface area contributed by atoms with Gasteiger partial charge < -0.3 is 20.4 Å². The molecule has 1 aliphatic carbocycles. The Bertz CT molecular complexity index is 552. The Hall–Kier alpha value is -1.27. The molecule has 1 aromatic rings. The van der Waals surface area contributed by atoms with Gasteiger partial charge in [-0.05, 0) is 42.5 Å². The van der Waals surface area contributed by atoms with Gasteiger partial charge >= 0.3 is 0 Å². The summed E-state index contributed by atoms with van der Waals surface area (Å²) in [5.41, 5.74) is 1.49. The van der Waals surface area contributed by atoms with Crippen molar-refractivity contribution in [3.8, 4) is 0 Å². The van der Waals surface area contributed by atoms with Gasteiger partial charge in [0.05, 0.1) is 24.7 Å². The number of fused-ring (bicyclic) bond motifs is 1. The highest BCUT2D eigenvalue weighted by Gasteiger charge is 2.50. The van der Waals surface area contributed by atoms with E-state index in [4.69, 9.17) is 5.11 Å². The molecule has 2 unspecified atom stereocenters. The van der Waals surface area contributed by atoms with Crippen molar-refractivity contribution in [2.24, 2.45) is 5.41 Å². The Labute approximate surface area is 117 Å².